The molecule has 1 amide bonds. The van der Waals surface area contributed by atoms with Gasteiger partial charge >= 0.3 is 0 Å². The maximum Gasteiger partial charge on any atom is 0.246 e. The molecule has 0 aromatic heterocycles. The first-order valence-electron chi connectivity index (χ1n) is 6.57. The summed E-state index contributed by atoms with van der Waals surface area (Å²) >= 11 is 0. The Morgan fingerprint density at radius 3 is 2.89 bits per heavy atom. The Morgan fingerprint density at radius 1 is 1.42 bits per heavy atom. The summed E-state index contributed by atoms with van der Waals surface area (Å²) in [7, 11) is 4.01. The number of rotatable bonds is 6. The third kappa shape index (κ3) is 3.24. The molecule has 104 valence electrons. The second kappa shape index (κ2) is 6.04. The van der Waals surface area contributed by atoms with E-state index in [9.17, 15) is 4.79 Å². The van der Waals surface area contributed by atoms with Crippen molar-refractivity contribution in [3.05, 3.63) is 23.8 Å². The lowest BCUT2D eigenvalue weighted by molar-refractivity contribution is -0.117. The molecular weight excluding hydrogens is 242 g/mol. The van der Waals surface area contributed by atoms with E-state index in [0.717, 1.165) is 30.1 Å². The van der Waals surface area contributed by atoms with Gasteiger partial charge in [-0.25, -0.2) is 0 Å². The molecule has 5 nitrogen and oxygen atoms in total. The van der Waals surface area contributed by atoms with Gasteiger partial charge in [-0.05, 0) is 26.7 Å². The van der Waals surface area contributed by atoms with Crippen LogP contribution in [0, 0.1) is 0 Å². The number of fused-ring (bicyclic) bond motifs is 1. The van der Waals surface area contributed by atoms with Crippen LogP contribution < -0.4 is 15.4 Å². The highest BCUT2D eigenvalue weighted by molar-refractivity contribution is 6.02. The lowest BCUT2D eigenvalue weighted by Crippen LogP contribution is -2.27. The van der Waals surface area contributed by atoms with Crippen LogP contribution >= 0.6 is 0 Å². The number of ether oxygens (including phenoxy) is 1. The first kappa shape index (κ1) is 13.8. The fraction of sp³-hybridized carbons (Fsp3) is 0.500. The molecule has 0 spiro atoms. The van der Waals surface area contributed by atoms with Crippen molar-refractivity contribution < 1.29 is 9.53 Å². The van der Waals surface area contributed by atoms with Crippen molar-refractivity contribution in [2.24, 2.45) is 0 Å². The number of nitrogens with one attached hydrogen (secondary N) is 2. The van der Waals surface area contributed by atoms with Gasteiger partial charge in [0.05, 0.1) is 0 Å². The van der Waals surface area contributed by atoms with Crippen molar-refractivity contribution in [2.75, 3.05) is 39.1 Å². The first-order valence-corrected chi connectivity index (χ1v) is 6.57. The SMILES string of the molecule is CCNC1C(=O)Nc2cc(OCCN(C)C)ccc21. The Bertz CT molecular complexity index is 460. The monoisotopic (exact) mass is 263 g/mol. The second-order valence-corrected chi connectivity index (χ2v) is 4.88. The Kier molecular flexibility index (Phi) is 4.39. The molecule has 1 aromatic rings. The van der Waals surface area contributed by atoms with Gasteiger partial charge < -0.3 is 20.3 Å². The molecule has 2 rings (SSSR count). The summed E-state index contributed by atoms with van der Waals surface area (Å²) in [6.45, 7) is 4.25. The van der Waals surface area contributed by atoms with Gasteiger partial charge in [0.15, 0.2) is 0 Å². The summed E-state index contributed by atoms with van der Waals surface area (Å²) in [5.41, 5.74) is 1.84. The summed E-state index contributed by atoms with van der Waals surface area (Å²) in [6, 6.07) is 5.51. The molecule has 1 unspecified atom stereocenters. The van der Waals surface area contributed by atoms with Crippen LogP contribution in [0.15, 0.2) is 18.2 Å². The molecule has 19 heavy (non-hydrogen) atoms. The van der Waals surface area contributed by atoms with Crippen LogP contribution in [0.1, 0.15) is 18.5 Å². The van der Waals surface area contributed by atoms with Gasteiger partial charge in [0.25, 0.3) is 0 Å². The maximum atomic E-state index is 11.8. The number of carbonyl (C=O) groups is 1. The van der Waals surface area contributed by atoms with E-state index < -0.39 is 0 Å². The quantitative estimate of drug-likeness (QED) is 0.810. The molecule has 0 fully saturated rings. The molecule has 1 aliphatic rings. The lowest BCUT2D eigenvalue weighted by atomic mass is 10.1. The van der Waals surface area contributed by atoms with Gasteiger partial charge in [-0.3, -0.25) is 4.79 Å². The van der Waals surface area contributed by atoms with Gasteiger partial charge in [0.1, 0.15) is 18.4 Å². The van der Waals surface area contributed by atoms with Crippen molar-refractivity contribution in [1.29, 1.82) is 0 Å². The van der Waals surface area contributed by atoms with Gasteiger partial charge in [0.2, 0.25) is 5.91 Å². The molecule has 2 N–H and O–H groups in total. The van der Waals surface area contributed by atoms with Crippen LogP contribution in [0.5, 0.6) is 5.75 Å². The maximum absolute atomic E-state index is 11.8. The smallest absolute Gasteiger partial charge is 0.246 e. The highest BCUT2D eigenvalue weighted by Crippen LogP contribution is 2.33. The molecule has 1 heterocycles. The lowest BCUT2D eigenvalue weighted by Gasteiger charge is -2.12. The van der Waals surface area contributed by atoms with Crippen molar-refractivity contribution >= 4 is 11.6 Å². The second-order valence-electron chi connectivity index (χ2n) is 4.88. The zero-order valence-electron chi connectivity index (χ0n) is 11.7. The Morgan fingerprint density at radius 2 is 2.21 bits per heavy atom. The normalized spacial score (nSPS) is 17.5. The van der Waals surface area contributed by atoms with E-state index in [-0.39, 0.29) is 11.9 Å². The number of hydrogen-bond donors (Lipinski definition) is 2. The Labute approximate surface area is 113 Å². The number of benzene rings is 1. The number of likely N-dealkylation sites (N-methyl/N-ethyl adjacent to an activating group) is 2. The third-order valence-electron chi connectivity index (χ3n) is 3.07. The average Bonchev–Trinajstić information content (AvgIpc) is 2.65. The summed E-state index contributed by atoms with van der Waals surface area (Å²) in [4.78, 5) is 13.9. The van der Waals surface area contributed by atoms with Crippen LogP contribution in [0.3, 0.4) is 0 Å². The summed E-state index contributed by atoms with van der Waals surface area (Å²) < 4.78 is 5.66. The fourth-order valence-corrected chi connectivity index (χ4v) is 2.08. The van der Waals surface area contributed by atoms with Crippen LogP contribution in [-0.2, 0) is 4.79 Å². The van der Waals surface area contributed by atoms with Crippen molar-refractivity contribution in [2.45, 2.75) is 13.0 Å². The summed E-state index contributed by atoms with van der Waals surface area (Å²) in [5, 5.41) is 6.05. The number of amides is 1. The van der Waals surface area contributed by atoms with Crippen molar-refractivity contribution in [3.63, 3.8) is 0 Å². The van der Waals surface area contributed by atoms with Gasteiger partial charge in [-0.15, -0.1) is 0 Å². The summed E-state index contributed by atoms with van der Waals surface area (Å²) in [5.74, 6) is 0.792. The highest BCUT2D eigenvalue weighted by Gasteiger charge is 2.29. The summed E-state index contributed by atoms with van der Waals surface area (Å²) in [6.07, 6.45) is 0. The Hall–Kier alpha value is -1.59. The topological polar surface area (TPSA) is 53.6 Å². The molecule has 0 aliphatic carbocycles. The molecule has 1 atom stereocenters. The zero-order valence-corrected chi connectivity index (χ0v) is 11.7. The minimum Gasteiger partial charge on any atom is -0.492 e. The number of carbonyl (C=O) groups excluding carboxylic acids is 1. The van der Waals surface area contributed by atoms with Gasteiger partial charge in [-0.2, -0.15) is 0 Å². The molecule has 5 heteroatoms. The van der Waals surface area contributed by atoms with E-state index in [4.69, 9.17) is 4.74 Å². The van der Waals surface area contributed by atoms with Gasteiger partial charge in [0, 0.05) is 23.9 Å². The van der Waals surface area contributed by atoms with Crippen LogP contribution in [0.2, 0.25) is 0 Å². The first-order chi connectivity index (χ1) is 9.11. The minimum absolute atomic E-state index is 0.00212. The average molecular weight is 263 g/mol. The standard InChI is InChI=1S/C14H21N3O2/c1-4-15-13-11-6-5-10(19-8-7-17(2)3)9-12(11)16-14(13)18/h5-6,9,13,15H,4,7-8H2,1-3H3,(H,16,18). The Balaban J connectivity index is 2.05. The number of nitrogens with zero attached hydrogens (tertiary/aromatic N) is 1. The molecular formula is C14H21N3O2. The van der Waals surface area contributed by atoms with Crippen LogP contribution in [-0.4, -0.2) is 44.6 Å². The van der Waals surface area contributed by atoms with Crippen LogP contribution in [0.25, 0.3) is 0 Å². The molecule has 0 radical (unpaired) electrons. The highest BCUT2D eigenvalue weighted by atomic mass is 16.5. The number of anilines is 1. The van der Waals surface area contributed by atoms with Crippen molar-refractivity contribution in [1.82, 2.24) is 10.2 Å². The van der Waals surface area contributed by atoms with E-state index in [1.807, 2.05) is 39.2 Å². The number of hydrogen-bond acceptors (Lipinski definition) is 4. The predicted molar refractivity (Wildman–Crippen MR) is 75.5 cm³/mol. The molecule has 1 aromatic carbocycles. The molecule has 0 saturated carbocycles. The predicted octanol–water partition coefficient (Wildman–Crippen LogP) is 1.23. The molecule has 0 saturated heterocycles. The van der Waals surface area contributed by atoms with Gasteiger partial charge in [-0.1, -0.05) is 13.0 Å². The van der Waals surface area contributed by atoms with E-state index in [2.05, 4.69) is 15.5 Å². The van der Waals surface area contributed by atoms with E-state index in [1.54, 1.807) is 0 Å². The molecule has 1 aliphatic heterocycles. The van der Waals surface area contributed by atoms with Crippen LogP contribution in [0.4, 0.5) is 5.69 Å². The van der Waals surface area contributed by atoms with E-state index in [0.29, 0.717) is 6.61 Å². The van der Waals surface area contributed by atoms with Crippen molar-refractivity contribution in [3.8, 4) is 5.75 Å². The minimum atomic E-state index is -0.240. The van der Waals surface area contributed by atoms with E-state index >= 15 is 0 Å². The molecule has 0 bridgehead atoms. The zero-order chi connectivity index (χ0) is 13.8. The largest absolute Gasteiger partial charge is 0.492 e. The fourth-order valence-electron chi connectivity index (χ4n) is 2.08. The third-order valence-corrected chi connectivity index (χ3v) is 3.07. The van der Waals surface area contributed by atoms with E-state index in [1.165, 1.54) is 0 Å².